The summed E-state index contributed by atoms with van der Waals surface area (Å²) < 4.78 is 0. The molecule has 0 aliphatic carbocycles. The maximum absolute atomic E-state index is 2.37. The predicted octanol–water partition coefficient (Wildman–Crippen LogP) is 10.5. The van der Waals surface area contributed by atoms with E-state index in [9.17, 15) is 0 Å². The third kappa shape index (κ3) is 8.01. The van der Waals surface area contributed by atoms with E-state index in [1.54, 1.807) is 0 Å². The molecule has 0 amide bonds. The smallest absolute Gasteiger partial charge is 0.0181 e. The molecular formula is C34H42. The molecular weight excluding hydrogens is 408 g/mol. The Morgan fingerprint density at radius 3 is 1.00 bits per heavy atom. The second kappa shape index (κ2) is 14.0. The zero-order valence-electron chi connectivity index (χ0n) is 21.0. The average Bonchev–Trinajstić information content (AvgIpc) is 2.88. The molecule has 0 aromatic heterocycles. The topological polar surface area (TPSA) is 0 Å². The number of hydrogen-bond donors (Lipinski definition) is 0. The van der Waals surface area contributed by atoms with Crippen molar-refractivity contribution in [3.8, 4) is 0 Å². The fraction of sp³-hybridized carbons (Fsp3) is 0.412. The lowest BCUT2D eigenvalue weighted by Crippen LogP contribution is -1.88. The highest BCUT2D eigenvalue weighted by molar-refractivity contribution is 5.83. The van der Waals surface area contributed by atoms with Crippen molar-refractivity contribution in [2.45, 2.75) is 89.9 Å². The first-order chi connectivity index (χ1) is 16.9. The molecule has 4 aromatic carbocycles. The Balaban J connectivity index is 0.946. The number of fused-ring (bicyclic) bond motifs is 2. The van der Waals surface area contributed by atoms with E-state index in [1.165, 1.54) is 123 Å². The van der Waals surface area contributed by atoms with Gasteiger partial charge in [-0.2, -0.15) is 0 Å². The highest BCUT2D eigenvalue weighted by atomic mass is 14.0. The van der Waals surface area contributed by atoms with Gasteiger partial charge in [0.1, 0.15) is 0 Å². The van der Waals surface area contributed by atoms with Gasteiger partial charge in [0.2, 0.25) is 0 Å². The van der Waals surface area contributed by atoms with Crippen LogP contribution in [0.2, 0.25) is 0 Å². The molecule has 178 valence electrons. The minimum Gasteiger partial charge on any atom is -0.0616 e. The molecule has 4 aromatic rings. The Bertz CT molecular complexity index is 1030. The van der Waals surface area contributed by atoms with Gasteiger partial charge >= 0.3 is 0 Å². The van der Waals surface area contributed by atoms with E-state index in [0.29, 0.717) is 0 Å². The van der Waals surface area contributed by atoms with Gasteiger partial charge in [0.25, 0.3) is 0 Å². The Morgan fingerprint density at radius 2 is 0.618 bits per heavy atom. The third-order valence-corrected chi connectivity index (χ3v) is 7.31. The van der Waals surface area contributed by atoms with Crippen LogP contribution in [-0.4, -0.2) is 0 Å². The first-order valence-electron chi connectivity index (χ1n) is 13.8. The molecule has 0 atom stereocenters. The summed E-state index contributed by atoms with van der Waals surface area (Å²) >= 11 is 0. The molecule has 0 aliphatic rings. The van der Waals surface area contributed by atoms with Gasteiger partial charge < -0.3 is 0 Å². The Morgan fingerprint density at radius 1 is 0.294 bits per heavy atom. The van der Waals surface area contributed by atoms with Crippen LogP contribution in [0.5, 0.6) is 0 Å². The van der Waals surface area contributed by atoms with Crippen LogP contribution in [0.1, 0.15) is 88.2 Å². The van der Waals surface area contributed by atoms with Crippen LogP contribution in [0.4, 0.5) is 0 Å². The van der Waals surface area contributed by atoms with Crippen LogP contribution < -0.4 is 0 Å². The van der Waals surface area contributed by atoms with Gasteiger partial charge in [-0.05, 0) is 58.4 Å². The normalized spacial score (nSPS) is 11.4. The lowest BCUT2D eigenvalue weighted by molar-refractivity contribution is 0.540. The molecule has 4 rings (SSSR count). The number of rotatable bonds is 15. The van der Waals surface area contributed by atoms with E-state index in [1.807, 2.05) is 0 Å². The van der Waals surface area contributed by atoms with Crippen LogP contribution in [0.25, 0.3) is 21.5 Å². The van der Waals surface area contributed by atoms with Crippen molar-refractivity contribution in [1.82, 2.24) is 0 Å². The molecule has 0 unspecified atom stereocenters. The van der Waals surface area contributed by atoms with Gasteiger partial charge in [-0.25, -0.2) is 0 Å². The highest BCUT2D eigenvalue weighted by Crippen LogP contribution is 2.19. The number of hydrogen-bond acceptors (Lipinski definition) is 0. The molecule has 34 heavy (non-hydrogen) atoms. The first kappa shape index (κ1) is 24.5. The van der Waals surface area contributed by atoms with Crippen molar-refractivity contribution in [3.05, 3.63) is 96.1 Å². The van der Waals surface area contributed by atoms with E-state index in [2.05, 4.69) is 84.9 Å². The Hall–Kier alpha value is -2.60. The van der Waals surface area contributed by atoms with Crippen LogP contribution in [-0.2, 0) is 12.8 Å². The summed E-state index contributed by atoms with van der Waals surface area (Å²) in [5, 5.41) is 5.47. The predicted molar refractivity (Wildman–Crippen MR) is 151 cm³/mol. The van der Waals surface area contributed by atoms with Gasteiger partial charge in [-0.1, -0.05) is 149 Å². The van der Waals surface area contributed by atoms with Crippen LogP contribution in [0.3, 0.4) is 0 Å². The minimum absolute atomic E-state index is 1.23. The molecule has 0 spiro atoms. The van der Waals surface area contributed by atoms with E-state index in [-0.39, 0.29) is 0 Å². The Labute approximate surface area is 207 Å². The maximum Gasteiger partial charge on any atom is -0.0181 e. The second-order valence-electron chi connectivity index (χ2n) is 10.1. The third-order valence-electron chi connectivity index (χ3n) is 7.31. The summed E-state index contributed by atoms with van der Waals surface area (Å²) in [6.45, 7) is 0. The Kier molecular flexibility index (Phi) is 10.1. The van der Waals surface area contributed by atoms with E-state index in [4.69, 9.17) is 0 Å². The molecule has 0 saturated carbocycles. The van der Waals surface area contributed by atoms with Gasteiger partial charge in [0.15, 0.2) is 0 Å². The molecule has 0 heteroatoms. The molecule has 0 N–H and O–H groups in total. The SMILES string of the molecule is c1ccc2cc(CCCCCCCCCCCCCCc3ccc4ccccc4c3)ccc2c1. The molecule has 0 heterocycles. The van der Waals surface area contributed by atoms with Crippen LogP contribution in [0.15, 0.2) is 84.9 Å². The van der Waals surface area contributed by atoms with Gasteiger partial charge in [0, 0.05) is 0 Å². The second-order valence-corrected chi connectivity index (χ2v) is 10.1. The summed E-state index contributed by atoms with van der Waals surface area (Å²) in [7, 11) is 0. The fourth-order valence-corrected chi connectivity index (χ4v) is 5.21. The van der Waals surface area contributed by atoms with Crippen molar-refractivity contribution < 1.29 is 0 Å². The van der Waals surface area contributed by atoms with Crippen LogP contribution >= 0.6 is 0 Å². The lowest BCUT2D eigenvalue weighted by Gasteiger charge is -2.05. The van der Waals surface area contributed by atoms with Crippen molar-refractivity contribution in [2.24, 2.45) is 0 Å². The van der Waals surface area contributed by atoms with E-state index < -0.39 is 0 Å². The summed E-state index contributed by atoms with van der Waals surface area (Å²) in [6.07, 6.45) is 19.2. The van der Waals surface area contributed by atoms with E-state index >= 15 is 0 Å². The summed E-state index contributed by atoms with van der Waals surface area (Å²) in [5.41, 5.74) is 2.99. The molecule has 0 fully saturated rings. The summed E-state index contributed by atoms with van der Waals surface area (Å²) in [5.74, 6) is 0. The van der Waals surface area contributed by atoms with Crippen molar-refractivity contribution in [3.63, 3.8) is 0 Å². The quantitative estimate of drug-likeness (QED) is 0.158. The number of aryl methyl sites for hydroxylation is 2. The lowest BCUT2D eigenvalue weighted by atomic mass is 10.0. The van der Waals surface area contributed by atoms with Crippen molar-refractivity contribution >= 4 is 21.5 Å². The number of benzene rings is 4. The molecule has 0 aliphatic heterocycles. The van der Waals surface area contributed by atoms with E-state index in [0.717, 1.165) is 0 Å². The average molecular weight is 451 g/mol. The summed E-state index contributed by atoms with van der Waals surface area (Å²) in [4.78, 5) is 0. The maximum atomic E-state index is 2.37. The molecule has 0 radical (unpaired) electrons. The monoisotopic (exact) mass is 450 g/mol. The zero-order valence-corrected chi connectivity index (χ0v) is 21.0. The molecule has 0 saturated heterocycles. The van der Waals surface area contributed by atoms with Gasteiger partial charge in [-0.3, -0.25) is 0 Å². The molecule has 0 nitrogen and oxygen atoms in total. The van der Waals surface area contributed by atoms with Gasteiger partial charge in [0.05, 0.1) is 0 Å². The van der Waals surface area contributed by atoms with Crippen LogP contribution in [0, 0.1) is 0 Å². The summed E-state index contributed by atoms with van der Waals surface area (Å²) in [6, 6.07) is 31.3. The van der Waals surface area contributed by atoms with Crippen molar-refractivity contribution in [2.75, 3.05) is 0 Å². The number of unbranched alkanes of at least 4 members (excludes halogenated alkanes) is 11. The standard InChI is InChI=1S/C34H42/c1(3-5-7-9-11-17-29-23-25-31-19-13-15-21-33(31)27-29)2-4-6-8-10-12-18-30-24-26-32-20-14-16-22-34(32)28-30/h13-16,19-28H,1-12,17-18H2. The van der Waals surface area contributed by atoms with Crippen molar-refractivity contribution in [1.29, 1.82) is 0 Å². The van der Waals surface area contributed by atoms with Gasteiger partial charge in [-0.15, -0.1) is 0 Å². The molecule has 0 bridgehead atoms. The minimum atomic E-state index is 1.23. The fourth-order valence-electron chi connectivity index (χ4n) is 5.21. The first-order valence-corrected chi connectivity index (χ1v) is 13.8. The highest BCUT2D eigenvalue weighted by Gasteiger charge is 1.99. The zero-order chi connectivity index (χ0) is 23.3. The largest absolute Gasteiger partial charge is 0.0616 e.